The first kappa shape index (κ1) is 45.0. The van der Waals surface area contributed by atoms with E-state index in [9.17, 15) is 0 Å². The summed E-state index contributed by atoms with van der Waals surface area (Å²) >= 11 is 0. The minimum absolute atomic E-state index is 0.0784. The van der Waals surface area contributed by atoms with Gasteiger partial charge in [0, 0.05) is 54.1 Å². The Kier molecular flexibility index (Phi) is 10.6. The molecular weight excluding hydrogens is 899 g/mol. The van der Waals surface area contributed by atoms with Crippen LogP contribution in [0, 0.1) is 0 Å². The molecule has 12 rings (SSSR count). The van der Waals surface area contributed by atoms with Crippen LogP contribution in [0.5, 0.6) is 0 Å². The molecule has 0 unspecified atom stereocenters. The van der Waals surface area contributed by atoms with Gasteiger partial charge < -0.3 is 14.2 Å². The standard InChI is InChI=1S/C66H61N3S2/c1-66(2,3)50-32-28-44(29-33-50)49-40-57-55-38-45-30-34-53(67(51-20-12-10-13-21-51)59-24-16-18-26-63(59)70(4,5)6)36-47(45)42-61(55)69-62-43-48-37-54(35-31-46(48)39-56(62)58(41-49)65(57)69)68(52-22-14-11-15-23-52)60-25-17-19-27-64(60)71(7,8)9/h10-43H,1-9H3. The van der Waals surface area contributed by atoms with Crippen LogP contribution in [-0.4, -0.2) is 41.9 Å². The monoisotopic (exact) mass is 959 g/mol. The van der Waals surface area contributed by atoms with Crippen molar-refractivity contribution in [2.75, 3.05) is 47.3 Å². The van der Waals surface area contributed by atoms with Gasteiger partial charge in [-0.15, -0.1) is 0 Å². The molecule has 0 aliphatic carbocycles. The lowest BCUT2D eigenvalue weighted by Crippen LogP contribution is -2.12. The summed E-state index contributed by atoms with van der Waals surface area (Å²) in [7, 11) is -2.10. The fraction of sp³-hybridized carbons (Fsp3) is 0.152. The van der Waals surface area contributed by atoms with Gasteiger partial charge >= 0.3 is 0 Å². The molecule has 12 aromatic rings. The summed E-state index contributed by atoms with van der Waals surface area (Å²) in [5, 5.41) is 9.99. The van der Waals surface area contributed by atoms with Crippen molar-refractivity contribution >= 4 is 114 Å². The molecule has 0 amide bonds. The lowest BCUT2D eigenvalue weighted by molar-refractivity contribution is 0.590. The Morgan fingerprint density at radius 2 is 0.775 bits per heavy atom. The van der Waals surface area contributed by atoms with Gasteiger partial charge in [0.1, 0.15) is 0 Å². The molecule has 0 atom stereocenters. The topological polar surface area (TPSA) is 10.9 Å². The summed E-state index contributed by atoms with van der Waals surface area (Å²) < 4.78 is 2.57. The van der Waals surface area contributed by atoms with E-state index in [-0.39, 0.29) is 5.41 Å². The number of fused-ring (bicyclic) bond motifs is 8. The molecule has 5 heteroatoms. The van der Waals surface area contributed by atoms with Crippen LogP contribution >= 0.6 is 20.1 Å². The Balaban J connectivity index is 1.11. The summed E-state index contributed by atoms with van der Waals surface area (Å²) in [6.45, 7) is 6.87. The maximum Gasteiger partial charge on any atom is 0.0620 e. The highest BCUT2D eigenvalue weighted by atomic mass is 32.3. The first-order chi connectivity index (χ1) is 34.1. The summed E-state index contributed by atoms with van der Waals surface area (Å²) in [6.07, 6.45) is 14.3. The predicted molar refractivity (Wildman–Crippen MR) is 317 cm³/mol. The number of benzene rings is 10. The third-order valence-electron chi connectivity index (χ3n) is 14.4. The van der Waals surface area contributed by atoms with Crippen LogP contribution in [0.3, 0.4) is 0 Å². The summed E-state index contributed by atoms with van der Waals surface area (Å²) in [6, 6.07) is 77.7. The van der Waals surface area contributed by atoms with Gasteiger partial charge in [0.05, 0.1) is 27.9 Å². The molecule has 2 aromatic heterocycles. The first-order valence-electron chi connectivity index (χ1n) is 24.6. The van der Waals surface area contributed by atoms with Crippen LogP contribution in [0.15, 0.2) is 216 Å². The van der Waals surface area contributed by atoms with E-state index in [1.807, 2.05) is 0 Å². The number of aromatic nitrogens is 1. The van der Waals surface area contributed by atoms with Crippen molar-refractivity contribution in [2.24, 2.45) is 0 Å². The molecule has 0 saturated carbocycles. The molecular formula is C66H61N3S2. The number of hydrogen-bond acceptors (Lipinski definition) is 2. The van der Waals surface area contributed by atoms with E-state index in [1.54, 1.807) is 0 Å². The van der Waals surface area contributed by atoms with Crippen molar-refractivity contribution in [1.82, 2.24) is 4.40 Å². The van der Waals surface area contributed by atoms with Crippen molar-refractivity contribution in [1.29, 1.82) is 0 Å². The summed E-state index contributed by atoms with van der Waals surface area (Å²) in [5.74, 6) is 0. The molecule has 0 N–H and O–H groups in total. The fourth-order valence-corrected chi connectivity index (χ4v) is 13.5. The van der Waals surface area contributed by atoms with E-state index in [4.69, 9.17) is 0 Å². The van der Waals surface area contributed by atoms with Gasteiger partial charge in [-0.3, -0.25) is 0 Å². The first-order valence-corrected chi connectivity index (χ1v) is 30.3. The molecule has 71 heavy (non-hydrogen) atoms. The number of rotatable bonds is 9. The molecule has 0 spiro atoms. The summed E-state index contributed by atoms with van der Waals surface area (Å²) in [4.78, 5) is 7.69. The van der Waals surface area contributed by atoms with Crippen LogP contribution < -0.4 is 9.80 Å². The minimum Gasteiger partial charge on any atom is -0.309 e. The SMILES string of the molecule is CC(C)(C)c1ccc(-c2cc3c4cc5ccc(N(c6ccccc6)c6ccccc6S(C)(C)C)cc5cc4n4c5cc6cc(N(c7ccccc7)c7ccccc7S(C)(C)C)ccc6cc5c(c2)c34)cc1. The minimum atomic E-state index is -1.05. The van der Waals surface area contributed by atoms with Gasteiger partial charge in [-0.1, -0.05) is 118 Å². The van der Waals surface area contributed by atoms with Crippen molar-refractivity contribution in [2.45, 2.75) is 36.0 Å². The van der Waals surface area contributed by atoms with Gasteiger partial charge in [-0.25, -0.2) is 20.1 Å². The van der Waals surface area contributed by atoms with E-state index in [0.717, 1.165) is 22.7 Å². The quantitative estimate of drug-likeness (QED) is 0.143. The Bertz CT molecular complexity index is 3760. The van der Waals surface area contributed by atoms with Crippen LogP contribution in [0.25, 0.3) is 70.8 Å². The lowest BCUT2D eigenvalue weighted by atomic mass is 9.86. The number of anilines is 6. The van der Waals surface area contributed by atoms with Gasteiger partial charge in [0.2, 0.25) is 0 Å². The average Bonchev–Trinajstić information content (AvgIpc) is 3.85. The maximum atomic E-state index is 2.57. The van der Waals surface area contributed by atoms with Crippen molar-refractivity contribution in [3.63, 3.8) is 0 Å². The highest BCUT2D eigenvalue weighted by molar-refractivity contribution is 8.32. The van der Waals surface area contributed by atoms with E-state index in [2.05, 4.69) is 279 Å². The summed E-state index contributed by atoms with van der Waals surface area (Å²) in [5.41, 5.74) is 14.7. The predicted octanol–water partition coefficient (Wildman–Crippen LogP) is 19.2. The van der Waals surface area contributed by atoms with Crippen molar-refractivity contribution < 1.29 is 0 Å². The second-order valence-corrected chi connectivity index (χ2v) is 30.1. The van der Waals surface area contributed by atoms with E-state index >= 15 is 0 Å². The average molecular weight is 960 g/mol. The molecule has 0 fully saturated rings. The Morgan fingerprint density at radius 1 is 0.352 bits per heavy atom. The van der Waals surface area contributed by atoms with E-state index in [0.29, 0.717) is 0 Å². The second kappa shape index (κ2) is 16.7. The van der Waals surface area contributed by atoms with Crippen LogP contribution in [0.1, 0.15) is 26.3 Å². The molecule has 10 aromatic carbocycles. The fourth-order valence-electron chi connectivity index (χ4n) is 10.9. The zero-order valence-electron chi connectivity index (χ0n) is 42.3. The van der Waals surface area contributed by atoms with E-state index in [1.165, 1.54) is 97.5 Å². The molecule has 2 heterocycles. The van der Waals surface area contributed by atoms with Crippen molar-refractivity contribution in [3.8, 4) is 11.1 Å². The second-order valence-electron chi connectivity index (χ2n) is 21.8. The Hall–Kier alpha value is -7.18. The van der Waals surface area contributed by atoms with Crippen LogP contribution in [0.2, 0.25) is 0 Å². The van der Waals surface area contributed by atoms with Crippen LogP contribution in [-0.2, 0) is 5.41 Å². The Morgan fingerprint density at radius 3 is 1.20 bits per heavy atom. The molecule has 0 saturated heterocycles. The number of hydrogen-bond donors (Lipinski definition) is 0. The van der Waals surface area contributed by atoms with Gasteiger partial charge in [0.25, 0.3) is 0 Å². The van der Waals surface area contributed by atoms with Gasteiger partial charge in [0.15, 0.2) is 0 Å². The molecule has 0 radical (unpaired) electrons. The highest BCUT2D eigenvalue weighted by Crippen LogP contribution is 2.54. The smallest absolute Gasteiger partial charge is 0.0620 e. The molecule has 352 valence electrons. The normalized spacial score (nSPS) is 13.0. The third kappa shape index (κ3) is 7.78. The molecule has 3 nitrogen and oxygen atoms in total. The maximum absolute atomic E-state index is 2.57. The lowest BCUT2D eigenvalue weighted by Gasteiger charge is -2.34. The molecule has 0 aliphatic rings. The highest BCUT2D eigenvalue weighted by Gasteiger charge is 2.25. The molecule has 0 bridgehead atoms. The zero-order valence-corrected chi connectivity index (χ0v) is 43.9. The van der Waals surface area contributed by atoms with Gasteiger partial charge in [-0.05, 0) is 190 Å². The van der Waals surface area contributed by atoms with Crippen molar-refractivity contribution in [3.05, 3.63) is 212 Å². The Labute approximate surface area is 422 Å². The van der Waals surface area contributed by atoms with E-state index < -0.39 is 20.1 Å². The van der Waals surface area contributed by atoms with Crippen LogP contribution in [0.4, 0.5) is 34.1 Å². The zero-order chi connectivity index (χ0) is 49.0. The number of para-hydroxylation sites is 4. The third-order valence-corrected chi connectivity index (χ3v) is 17.8. The number of nitrogens with zero attached hydrogens (tertiary/aromatic N) is 3. The van der Waals surface area contributed by atoms with Gasteiger partial charge in [-0.2, -0.15) is 0 Å². The largest absolute Gasteiger partial charge is 0.309 e. The molecule has 0 aliphatic heterocycles.